The van der Waals surface area contributed by atoms with Crippen molar-refractivity contribution in [2.45, 2.75) is 0 Å². The maximum absolute atomic E-state index is 12.5. The molecule has 7 nitrogen and oxygen atoms in total. The molecule has 0 bridgehead atoms. The number of anilines is 2. The molecule has 0 aliphatic rings. The molecule has 7 heteroatoms. The van der Waals surface area contributed by atoms with Crippen LogP contribution in [-0.2, 0) is 0 Å². The standard InChI is InChI=1S/C20H14N4O3/c25-20-18(24(26)27)19(22-17-8-4-5-13-23(17)20)21-16-11-9-15(10-12-16)14-6-2-1-3-7-14/h1-13,21H. The van der Waals surface area contributed by atoms with Gasteiger partial charge in [-0.1, -0.05) is 48.5 Å². The molecule has 0 saturated carbocycles. The fourth-order valence-electron chi connectivity index (χ4n) is 2.84. The Kier molecular flexibility index (Phi) is 4.10. The van der Waals surface area contributed by atoms with Gasteiger partial charge in [0.15, 0.2) is 0 Å². The number of fused-ring (bicyclic) bond motifs is 1. The first-order chi connectivity index (χ1) is 13.1. The highest BCUT2D eigenvalue weighted by Crippen LogP contribution is 2.25. The van der Waals surface area contributed by atoms with Gasteiger partial charge in [0.1, 0.15) is 5.65 Å². The van der Waals surface area contributed by atoms with Crippen molar-refractivity contribution in [1.29, 1.82) is 0 Å². The Morgan fingerprint density at radius 2 is 1.56 bits per heavy atom. The van der Waals surface area contributed by atoms with Gasteiger partial charge in [-0.25, -0.2) is 4.98 Å². The number of nitrogens with one attached hydrogen (secondary N) is 1. The molecule has 132 valence electrons. The fraction of sp³-hybridized carbons (Fsp3) is 0. The summed E-state index contributed by atoms with van der Waals surface area (Å²) >= 11 is 0. The summed E-state index contributed by atoms with van der Waals surface area (Å²) in [5.41, 5.74) is 1.70. The second-order valence-corrected chi connectivity index (χ2v) is 5.87. The Balaban J connectivity index is 1.74. The van der Waals surface area contributed by atoms with Crippen molar-refractivity contribution < 1.29 is 4.92 Å². The first kappa shape index (κ1) is 16.5. The third-order valence-electron chi connectivity index (χ3n) is 4.15. The average molecular weight is 358 g/mol. The third kappa shape index (κ3) is 3.13. The molecule has 0 fully saturated rings. The molecular formula is C20H14N4O3. The molecule has 1 N–H and O–H groups in total. The van der Waals surface area contributed by atoms with Crippen LogP contribution in [0, 0.1) is 10.1 Å². The van der Waals surface area contributed by atoms with E-state index in [9.17, 15) is 14.9 Å². The maximum Gasteiger partial charge on any atom is 0.376 e. The van der Waals surface area contributed by atoms with Gasteiger partial charge in [-0.05, 0) is 35.4 Å². The predicted molar refractivity (Wildman–Crippen MR) is 103 cm³/mol. The number of aromatic nitrogens is 2. The molecule has 0 aliphatic heterocycles. The zero-order valence-electron chi connectivity index (χ0n) is 14.1. The molecule has 0 amide bonds. The minimum atomic E-state index is -0.728. The van der Waals surface area contributed by atoms with Gasteiger partial charge in [-0.3, -0.25) is 19.3 Å². The van der Waals surface area contributed by atoms with Gasteiger partial charge < -0.3 is 5.32 Å². The number of rotatable bonds is 4. The van der Waals surface area contributed by atoms with Gasteiger partial charge in [0.05, 0.1) is 4.92 Å². The molecule has 4 rings (SSSR count). The van der Waals surface area contributed by atoms with Gasteiger partial charge in [0.2, 0.25) is 5.82 Å². The Morgan fingerprint density at radius 3 is 2.26 bits per heavy atom. The van der Waals surface area contributed by atoms with Crippen molar-refractivity contribution in [2.75, 3.05) is 5.32 Å². The second-order valence-electron chi connectivity index (χ2n) is 5.87. The highest BCUT2D eigenvalue weighted by Gasteiger charge is 2.23. The molecule has 2 aromatic heterocycles. The van der Waals surface area contributed by atoms with Crippen LogP contribution in [0.5, 0.6) is 0 Å². The fourth-order valence-corrected chi connectivity index (χ4v) is 2.84. The molecule has 2 aromatic carbocycles. The Bertz CT molecular complexity index is 1190. The van der Waals surface area contributed by atoms with Crippen LogP contribution in [0.4, 0.5) is 17.2 Å². The molecule has 0 spiro atoms. The van der Waals surface area contributed by atoms with Crippen molar-refractivity contribution in [3.63, 3.8) is 0 Å². The molecule has 0 radical (unpaired) electrons. The highest BCUT2D eigenvalue weighted by molar-refractivity contribution is 5.71. The molecule has 0 saturated heterocycles. The van der Waals surface area contributed by atoms with E-state index in [2.05, 4.69) is 10.3 Å². The van der Waals surface area contributed by atoms with Crippen molar-refractivity contribution in [3.05, 3.63) is 99.5 Å². The van der Waals surface area contributed by atoms with Crippen LogP contribution >= 0.6 is 0 Å². The lowest BCUT2D eigenvalue weighted by atomic mass is 10.1. The van der Waals surface area contributed by atoms with E-state index in [1.165, 1.54) is 6.20 Å². The summed E-state index contributed by atoms with van der Waals surface area (Å²) in [6.45, 7) is 0. The van der Waals surface area contributed by atoms with Crippen LogP contribution in [0.1, 0.15) is 0 Å². The van der Waals surface area contributed by atoms with Gasteiger partial charge in [-0.15, -0.1) is 0 Å². The zero-order chi connectivity index (χ0) is 18.8. The van der Waals surface area contributed by atoms with E-state index in [0.29, 0.717) is 11.3 Å². The van der Waals surface area contributed by atoms with Crippen LogP contribution in [0.2, 0.25) is 0 Å². The normalized spacial score (nSPS) is 10.7. The van der Waals surface area contributed by atoms with Crippen molar-refractivity contribution in [1.82, 2.24) is 9.38 Å². The zero-order valence-corrected chi connectivity index (χ0v) is 14.1. The summed E-state index contributed by atoms with van der Waals surface area (Å²) in [6.07, 6.45) is 1.45. The number of pyridine rings is 1. The minimum absolute atomic E-state index is 0.0799. The van der Waals surface area contributed by atoms with Gasteiger partial charge in [0.25, 0.3) is 0 Å². The summed E-state index contributed by atoms with van der Waals surface area (Å²) in [6, 6.07) is 22.2. The third-order valence-corrected chi connectivity index (χ3v) is 4.15. The predicted octanol–water partition coefficient (Wildman–Crippen LogP) is 4.01. The van der Waals surface area contributed by atoms with E-state index < -0.39 is 16.2 Å². The van der Waals surface area contributed by atoms with Crippen molar-refractivity contribution in [3.8, 4) is 11.1 Å². The summed E-state index contributed by atoms with van der Waals surface area (Å²) in [7, 11) is 0. The number of nitro groups is 1. The lowest BCUT2D eigenvalue weighted by Gasteiger charge is -2.09. The summed E-state index contributed by atoms with van der Waals surface area (Å²) in [5, 5.41) is 14.3. The monoisotopic (exact) mass is 358 g/mol. The molecular weight excluding hydrogens is 344 g/mol. The van der Waals surface area contributed by atoms with Crippen LogP contribution in [-0.4, -0.2) is 14.3 Å². The largest absolute Gasteiger partial charge is 0.376 e. The maximum atomic E-state index is 12.5. The Labute approximate surface area is 153 Å². The first-order valence-corrected chi connectivity index (χ1v) is 8.22. The van der Waals surface area contributed by atoms with E-state index in [1.54, 1.807) is 30.3 Å². The second kappa shape index (κ2) is 6.72. The first-order valence-electron chi connectivity index (χ1n) is 8.22. The smallest absolute Gasteiger partial charge is 0.334 e. The highest BCUT2D eigenvalue weighted by atomic mass is 16.6. The van der Waals surface area contributed by atoms with E-state index in [1.807, 2.05) is 42.5 Å². The number of hydrogen-bond acceptors (Lipinski definition) is 5. The topological polar surface area (TPSA) is 89.5 Å². The molecule has 2 heterocycles. The lowest BCUT2D eigenvalue weighted by molar-refractivity contribution is -0.385. The summed E-state index contributed by atoms with van der Waals surface area (Å²) in [4.78, 5) is 27.4. The molecule has 0 unspecified atom stereocenters. The molecule has 0 atom stereocenters. The van der Waals surface area contributed by atoms with Crippen LogP contribution < -0.4 is 10.9 Å². The molecule has 4 aromatic rings. The SMILES string of the molecule is O=c1c([N+](=O)[O-])c(Nc2ccc(-c3ccccc3)cc2)nc2ccccn12. The Morgan fingerprint density at radius 1 is 0.889 bits per heavy atom. The number of hydrogen-bond donors (Lipinski definition) is 1. The Hall–Kier alpha value is -4.00. The average Bonchev–Trinajstić information content (AvgIpc) is 2.69. The van der Waals surface area contributed by atoms with E-state index in [0.717, 1.165) is 15.5 Å². The number of benzene rings is 2. The number of nitrogens with zero attached hydrogens (tertiary/aromatic N) is 3. The summed E-state index contributed by atoms with van der Waals surface area (Å²) < 4.78 is 1.15. The van der Waals surface area contributed by atoms with E-state index >= 15 is 0 Å². The van der Waals surface area contributed by atoms with Crippen molar-refractivity contribution in [2.24, 2.45) is 0 Å². The summed E-state index contributed by atoms with van der Waals surface area (Å²) in [5.74, 6) is -0.0799. The van der Waals surface area contributed by atoms with Gasteiger partial charge in [-0.2, -0.15) is 0 Å². The van der Waals surface area contributed by atoms with E-state index in [-0.39, 0.29) is 5.82 Å². The van der Waals surface area contributed by atoms with Crippen LogP contribution in [0.25, 0.3) is 16.8 Å². The lowest BCUT2D eigenvalue weighted by Crippen LogP contribution is -2.20. The van der Waals surface area contributed by atoms with E-state index in [4.69, 9.17) is 0 Å². The van der Waals surface area contributed by atoms with Crippen LogP contribution in [0.3, 0.4) is 0 Å². The van der Waals surface area contributed by atoms with Gasteiger partial charge >= 0.3 is 11.2 Å². The molecule has 27 heavy (non-hydrogen) atoms. The van der Waals surface area contributed by atoms with Crippen LogP contribution in [0.15, 0.2) is 83.8 Å². The minimum Gasteiger partial charge on any atom is -0.334 e. The van der Waals surface area contributed by atoms with Crippen molar-refractivity contribution >= 4 is 22.8 Å². The molecule has 0 aliphatic carbocycles. The quantitative estimate of drug-likeness (QED) is 0.440. The van der Waals surface area contributed by atoms with Gasteiger partial charge in [0, 0.05) is 11.9 Å².